The summed E-state index contributed by atoms with van der Waals surface area (Å²) in [6.07, 6.45) is 5.11. The van der Waals surface area contributed by atoms with Crippen LogP contribution in [0.25, 0.3) is 5.57 Å². The van der Waals surface area contributed by atoms with E-state index in [0.29, 0.717) is 23.6 Å². The summed E-state index contributed by atoms with van der Waals surface area (Å²) in [7, 11) is 0. The average molecular weight is 390 g/mol. The van der Waals surface area contributed by atoms with Crippen molar-refractivity contribution >= 4 is 29.1 Å². The minimum absolute atomic E-state index is 0.142. The van der Waals surface area contributed by atoms with Crippen LogP contribution in [-0.2, 0) is 9.59 Å². The molecule has 4 nitrogen and oxygen atoms in total. The SMILES string of the molecule is CCCCCCN1C(=O)C(SC(C)C)=C(c2ccc(OCCC)cc2)C1=O. The normalized spacial score (nSPS) is 14.6. The summed E-state index contributed by atoms with van der Waals surface area (Å²) in [5, 5.41) is 0.235. The molecule has 0 atom stereocenters. The highest BCUT2D eigenvalue weighted by molar-refractivity contribution is 8.04. The number of rotatable bonds is 11. The van der Waals surface area contributed by atoms with Gasteiger partial charge in [0, 0.05) is 11.8 Å². The topological polar surface area (TPSA) is 46.6 Å². The van der Waals surface area contributed by atoms with E-state index in [1.165, 1.54) is 16.7 Å². The fourth-order valence-electron chi connectivity index (χ4n) is 2.99. The van der Waals surface area contributed by atoms with Crippen LogP contribution in [0.1, 0.15) is 65.4 Å². The molecule has 1 aromatic carbocycles. The molecule has 1 aliphatic rings. The van der Waals surface area contributed by atoms with Crippen molar-refractivity contribution in [3.05, 3.63) is 34.7 Å². The molecule has 1 aromatic rings. The van der Waals surface area contributed by atoms with E-state index in [0.717, 1.165) is 43.4 Å². The lowest BCUT2D eigenvalue weighted by atomic mass is 10.1. The highest BCUT2D eigenvalue weighted by Gasteiger charge is 2.39. The molecule has 148 valence electrons. The Hall–Kier alpha value is -1.75. The quantitative estimate of drug-likeness (QED) is 0.382. The summed E-state index contributed by atoms with van der Waals surface area (Å²) in [4.78, 5) is 27.9. The second kappa shape index (κ2) is 10.5. The Morgan fingerprint density at radius 1 is 0.963 bits per heavy atom. The Morgan fingerprint density at radius 3 is 2.26 bits per heavy atom. The van der Waals surface area contributed by atoms with E-state index in [4.69, 9.17) is 4.74 Å². The van der Waals surface area contributed by atoms with Gasteiger partial charge in [0.2, 0.25) is 0 Å². The van der Waals surface area contributed by atoms with Gasteiger partial charge in [-0.2, -0.15) is 0 Å². The lowest BCUT2D eigenvalue weighted by Gasteiger charge is -2.15. The van der Waals surface area contributed by atoms with Gasteiger partial charge < -0.3 is 4.74 Å². The maximum Gasteiger partial charge on any atom is 0.267 e. The number of ether oxygens (including phenoxy) is 1. The summed E-state index contributed by atoms with van der Waals surface area (Å²) in [6, 6.07) is 7.51. The van der Waals surface area contributed by atoms with E-state index in [-0.39, 0.29) is 17.1 Å². The summed E-state index contributed by atoms with van der Waals surface area (Å²) in [5.74, 6) is 0.478. The summed E-state index contributed by atoms with van der Waals surface area (Å²) < 4.78 is 5.63. The van der Waals surface area contributed by atoms with Crippen molar-refractivity contribution in [2.24, 2.45) is 0 Å². The van der Waals surface area contributed by atoms with Crippen molar-refractivity contribution in [1.29, 1.82) is 0 Å². The van der Waals surface area contributed by atoms with Crippen LogP contribution in [0.4, 0.5) is 0 Å². The molecule has 0 unspecified atom stereocenters. The Morgan fingerprint density at radius 2 is 1.67 bits per heavy atom. The van der Waals surface area contributed by atoms with Crippen LogP contribution >= 0.6 is 11.8 Å². The standard InChI is InChI=1S/C22H31NO3S/c1-5-7-8-9-14-23-21(24)19(20(22(23)25)27-16(3)4)17-10-12-18(13-11-17)26-15-6-2/h10-13,16H,5-9,14-15H2,1-4H3. The number of nitrogens with zero attached hydrogens (tertiary/aromatic N) is 1. The molecule has 0 radical (unpaired) electrons. The van der Waals surface area contributed by atoms with Gasteiger partial charge in [-0.25, -0.2) is 0 Å². The van der Waals surface area contributed by atoms with Gasteiger partial charge in [0.05, 0.1) is 17.1 Å². The van der Waals surface area contributed by atoms with Gasteiger partial charge >= 0.3 is 0 Å². The van der Waals surface area contributed by atoms with Gasteiger partial charge in [0.1, 0.15) is 5.75 Å². The highest BCUT2D eigenvalue weighted by atomic mass is 32.2. The van der Waals surface area contributed by atoms with E-state index in [9.17, 15) is 9.59 Å². The molecule has 1 heterocycles. The predicted octanol–water partition coefficient (Wildman–Crippen LogP) is 5.28. The third-order valence-electron chi connectivity index (χ3n) is 4.33. The molecular formula is C22H31NO3S. The second-order valence-corrected chi connectivity index (χ2v) is 8.65. The molecule has 0 aromatic heterocycles. The van der Waals surface area contributed by atoms with Gasteiger partial charge in [0.25, 0.3) is 11.8 Å². The van der Waals surface area contributed by atoms with Crippen LogP contribution in [0.2, 0.25) is 0 Å². The Bertz CT molecular complexity index is 679. The molecule has 2 rings (SSSR count). The predicted molar refractivity (Wildman–Crippen MR) is 113 cm³/mol. The monoisotopic (exact) mass is 389 g/mol. The average Bonchev–Trinajstić information content (AvgIpc) is 2.87. The van der Waals surface area contributed by atoms with Crippen LogP contribution < -0.4 is 4.74 Å². The molecule has 0 aliphatic carbocycles. The van der Waals surface area contributed by atoms with Crippen LogP contribution in [0.3, 0.4) is 0 Å². The number of imide groups is 1. The zero-order valence-electron chi connectivity index (χ0n) is 16.9. The number of amides is 2. The van der Waals surface area contributed by atoms with Crippen molar-refractivity contribution in [3.8, 4) is 5.75 Å². The zero-order chi connectivity index (χ0) is 19.8. The molecule has 0 bridgehead atoms. The van der Waals surface area contributed by atoms with E-state index >= 15 is 0 Å². The fourth-order valence-corrected chi connectivity index (χ4v) is 4.00. The third-order valence-corrected chi connectivity index (χ3v) is 5.42. The molecule has 0 saturated heterocycles. The summed E-state index contributed by atoms with van der Waals surface area (Å²) in [6.45, 7) is 9.46. The lowest BCUT2D eigenvalue weighted by Crippen LogP contribution is -2.32. The largest absolute Gasteiger partial charge is 0.494 e. The summed E-state index contributed by atoms with van der Waals surface area (Å²) in [5.41, 5.74) is 1.33. The molecule has 0 saturated carbocycles. The lowest BCUT2D eigenvalue weighted by molar-refractivity contribution is -0.136. The third kappa shape index (κ3) is 5.61. The minimum Gasteiger partial charge on any atom is -0.494 e. The maximum atomic E-state index is 13.0. The molecule has 0 spiro atoms. The van der Waals surface area contributed by atoms with Gasteiger partial charge in [-0.3, -0.25) is 14.5 Å². The number of hydrogen-bond acceptors (Lipinski definition) is 4. The van der Waals surface area contributed by atoms with Crippen molar-refractivity contribution in [2.45, 2.75) is 65.0 Å². The molecule has 27 heavy (non-hydrogen) atoms. The van der Waals surface area contributed by atoms with Gasteiger partial charge in [0.15, 0.2) is 0 Å². The fraction of sp³-hybridized carbons (Fsp3) is 0.545. The number of unbranched alkanes of at least 4 members (excludes halogenated alkanes) is 3. The molecule has 0 fully saturated rings. The molecule has 0 N–H and O–H groups in total. The first-order valence-electron chi connectivity index (χ1n) is 9.99. The van der Waals surface area contributed by atoms with Crippen LogP contribution in [-0.4, -0.2) is 35.1 Å². The first-order valence-corrected chi connectivity index (χ1v) is 10.9. The van der Waals surface area contributed by atoms with Crippen molar-refractivity contribution < 1.29 is 14.3 Å². The zero-order valence-corrected chi connectivity index (χ0v) is 17.7. The van der Waals surface area contributed by atoms with Crippen LogP contribution in [0.15, 0.2) is 29.2 Å². The van der Waals surface area contributed by atoms with Crippen LogP contribution in [0, 0.1) is 0 Å². The number of thioether (sulfide) groups is 1. The second-order valence-electron chi connectivity index (χ2n) is 7.07. The van der Waals surface area contributed by atoms with E-state index in [1.807, 2.05) is 38.1 Å². The van der Waals surface area contributed by atoms with Gasteiger partial charge in [-0.15, -0.1) is 11.8 Å². The smallest absolute Gasteiger partial charge is 0.267 e. The first-order chi connectivity index (χ1) is 13.0. The number of carbonyl (C=O) groups is 2. The minimum atomic E-state index is -0.165. The highest BCUT2D eigenvalue weighted by Crippen LogP contribution is 2.38. The van der Waals surface area contributed by atoms with E-state index < -0.39 is 0 Å². The molecular weight excluding hydrogens is 358 g/mol. The van der Waals surface area contributed by atoms with E-state index in [2.05, 4.69) is 13.8 Å². The van der Waals surface area contributed by atoms with Gasteiger partial charge in [-0.05, 0) is 30.5 Å². The molecule has 2 amide bonds. The van der Waals surface area contributed by atoms with Crippen LogP contribution in [0.5, 0.6) is 5.75 Å². The first kappa shape index (κ1) is 21.5. The Labute approximate surface area is 167 Å². The Kier molecular flexibility index (Phi) is 8.42. The van der Waals surface area contributed by atoms with Gasteiger partial charge in [-0.1, -0.05) is 59.1 Å². The number of carbonyl (C=O) groups excluding carboxylic acids is 2. The van der Waals surface area contributed by atoms with Crippen molar-refractivity contribution in [1.82, 2.24) is 4.90 Å². The van der Waals surface area contributed by atoms with Crippen molar-refractivity contribution in [2.75, 3.05) is 13.2 Å². The number of benzene rings is 1. The summed E-state index contributed by atoms with van der Waals surface area (Å²) >= 11 is 1.48. The Balaban J connectivity index is 2.24. The maximum absolute atomic E-state index is 13.0. The number of hydrogen-bond donors (Lipinski definition) is 0. The molecule has 5 heteroatoms. The van der Waals surface area contributed by atoms with E-state index in [1.54, 1.807) is 0 Å². The molecule has 1 aliphatic heterocycles. The van der Waals surface area contributed by atoms with Crippen molar-refractivity contribution in [3.63, 3.8) is 0 Å².